The van der Waals surface area contributed by atoms with E-state index in [1.54, 1.807) is 0 Å². The summed E-state index contributed by atoms with van der Waals surface area (Å²) < 4.78 is 0. The maximum atomic E-state index is 12.4. The van der Waals surface area contributed by atoms with Gasteiger partial charge in [0.25, 0.3) is 0 Å². The van der Waals surface area contributed by atoms with Crippen LogP contribution < -0.4 is 10.6 Å². The molecule has 1 aliphatic rings. The van der Waals surface area contributed by atoms with Gasteiger partial charge in [-0.15, -0.1) is 0 Å². The quantitative estimate of drug-likeness (QED) is 0.652. The Morgan fingerprint density at radius 3 is 2.71 bits per heavy atom. The second kappa shape index (κ2) is 5.83. The van der Waals surface area contributed by atoms with E-state index in [1.807, 2.05) is 13.8 Å². The van der Waals surface area contributed by atoms with Crippen LogP contribution in [0.5, 0.6) is 0 Å². The average Bonchev–Trinajstić information content (AvgIpc) is 2.67. The molecule has 100 valence electrons. The van der Waals surface area contributed by atoms with Gasteiger partial charge in [-0.3, -0.25) is 4.79 Å². The van der Waals surface area contributed by atoms with Crippen molar-refractivity contribution in [2.24, 2.45) is 5.41 Å². The molecule has 0 aromatic rings. The second-order valence-corrected chi connectivity index (χ2v) is 5.77. The van der Waals surface area contributed by atoms with E-state index in [-0.39, 0.29) is 23.5 Å². The van der Waals surface area contributed by atoms with Crippen LogP contribution in [0.4, 0.5) is 0 Å². The summed E-state index contributed by atoms with van der Waals surface area (Å²) in [4.78, 5) is 12.4. The highest BCUT2D eigenvalue weighted by Gasteiger charge is 2.41. The third kappa shape index (κ3) is 3.68. The van der Waals surface area contributed by atoms with Crippen LogP contribution in [0.1, 0.15) is 46.5 Å². The Kier molecular flexibility index (Phi) is 4.95. The molecule has 0 radical (unpaired) electrons. The van der Waals surface area contributed by atoms with Crippen molar-refractivity contribution in [1.82, 2.24) is 10.6 Å². The summed E-state index contributed by atoms with van der Waals surface area (Å²) in [5.41, 5.74) is -0.559. The molecule has 0 aliphatic carbocycles. The van der Waals surface area contributed by atoms with E-state index in [0.29, 0.717) is 6.42 Å². The predicted molar refractivity (Wildman–Crippen MR) is 68.8 cm³/mol. The Morgan fingerprint density at radius 1 is 1.53 bits per heavy atom. The summed E-state index contributed by atoms with van der Waals surface area (Å²) in [5, 5.41) is 15.4. The molecule has 0 aromatic carbocycles. The molecule has 1 saturated heterocycles. The molecule has 1 amide bonds. The lowest BCUT2D eigenvalue weighted by atomic mass is 9.80. The number of rotatable bonds is 6. The minimum Gasteiger partial charge on any atom is -0.396 e. The van der Waals surface area contributed by atoms with Gasteiger partial charge in [-0.05, 0) is 39.7 Å². The first-order valence-electron chi connectivity index (χ1n) is 6.60. The van der Waals surface area contributed by atoms with Gasteiger partial charge in [0.1, 0.15) is 0 Å². The Bertz CT molecular complexity index is 258. The second-order valence-electron chi connectivity index (χ2n) is 5.77. The van der Waals surface area contributed by atoms with E-state index < -0.39 is 0 Å². The van der Waals surface area contributed by atoms with Gasteiger partial charge in [-0.2, -0.15) is 0 Å². The van der Waals surface area contributed by atoms with Crippen molar-refractivity contribution in [3.63, 3.8) is 0 Å². The van der Waals surface area contributed by atoms with Gasteiger partial charge < -0.3 is 15.7 Å². The zero-order chi connectivity index (χ0) is 12.9. The molecule has 0 saturated carbocycles. The number of aliphatic hydroxyl groups is 1. The normalized spacial score (nSPS) is 24.9. The van der Waals surface area contributed by atoms with Gasteiger partial charge in [0.05, 0.1) is 5.41 Å². The lowest BCUT2D eigenvalue weighted by molar-refractivity contribution is -0.132. The predicted octanol–water partition coefficient (Wildman–Crippen LogP) is 1.04. The van der Waals surface area contributed by atoms with Crippen LogP contribution in [-0.2, 0) is 4.79 Å². The first kappa shape index (κ1) is 14.5. The maximum Gasteiger partial charge on any atom is 0.227 e. The summed E-state index contributed by atoms with van der Waals surface area (Å²) in [6.45, 7) is 7.85. The van der Waals surface area contributed by atoms with Crippen LogP contribution in [0.15, 0.2) is 0 Å². The number of amides is 1. The SMILES string of the molecule is CCCC1(C(=O)NC(C)(C)CCO)CCNC1. The highest BCUT2D eigenvalue weighted by molar-refractivity contribution is 5.83. The standard InChI is InChI=1S/C13H26N2O2/c1-4-5-13(6-8-14-10-13)11(17)15-12(2,3)7-9-16/h14,16H,4-10H2,1-3H3,(H,15,17). The first-order chi connectivity index (χ1) is 7.96. The zero-order valence-corrected chi connectivity index (χ0v) is 11.3. The third-order valence-corrected chi connectivity index (χ3v) is 3.64. The molecule has 0 spiro atoms. The van der Waals surface area contributed by atoms with Gasteiger partial charge in [0, 0.05) is 18.7 Å². The molecular formula is C13H26N2O2. The Morgan fingerprint density at radius 2 is 2.24 bits per heavy atom. The van der Waals surface area contributed by atoms with Crippen molar-refractivity contribution in [2.45, 2.75) is 52.0 Å². The number of hydrogen-bond acceptors (Lipinski definition) is 3. The Labute approximate surface area is 104 Å². The molecular weight excluding hydrogens is 216 g/mol. The summed E-state index contributed by atoms with van der Waals surface area (Å²) in [7, 11) is 0. The molecule has 0 aromatic heterocycles. The Balaban J connectivity index is 2.66. The number of aliphatic hydroxyl groups excluding tert-OH is 1. The van der Waals surface area contributed by atoms with Crippen LogP contribution in [-0.4, -0.2) is 36.2 Å². The largest absolute Gasteiger partial charge is 0.396 e. The highest BCUT2D eigenvalue weighted by atomic mass is 16.3. The summed E-state index contributed by atoms with van der Waals surface area (Å²) in [5.74, 6) is 0.141. The molecule has 1 atom stereocenters. The molecule has 0 bridgehead atoms. The fourth-order valence-electron chi connectivity index (χ4n) is 2.52. The zero-order valence-electron chi connectivity index (χ0n) is 11.3. The lowest BCUT2D eigenvalue weighted by Crippen LogP contribution is -2.51. The van der Waals surface area contributed by atoms with E-state index in [4.69, 9.17) is 5.11 Å². The average molecular weight is 242 g/mol. The van der Waals surface area contributed by atoms with E-state index in [2.05, 4.69) is 17.6 Å². The highest BCUT2D eigenvalue weighted by Crippen LogP contribution is 2.32. The molecule has 1 fully saturated rings. The third-order valence-electron chi connectivity index (χ3n) is 3.64. The van der Waals surface area contributed by atoms with Crippen LogP contribution >= 0.6 is 0 Å². The van der Waals surface area contributed by atoms with Gasteiger partial charge in [0.2, 0.25) is 5.91 Å². The van der Waals surface area contributed by atoms with Gasteiger partial charge in [0.15, 0.2) is 0 Å². The van der Waals surface area contributed by atoms with E-state index >= 15 is 0 Å². The smallest absolute Gasteiger partial charge is 0.227 e. The number of carbonyl (C=O) groups is 1. The van der Waals surface area contributed by atoms with Crippen LogP contribution in [0.2, 0.25) is 0 Å². The minimum absolute atomic E-state index is 0.103. The van der Waals surface area contributed by atoms with Crippen molar-refractivity contribution in [1.29, 1.82) is 0 Å². The van der Waals surface area contributed by atoms with Gasteiger partial charge in [-0.1, -0.05) is 13.3 Å². The van der Waals surface area contributed by atoms with Crippen LogP contribution in [0.25, 0.3) is 0 Å². The monoisotopic (exact) mass is 242 g/mol. The number of hydrogen-bond donors (Lipinski definition) is 3. The van der Waals surface area contributed by atoms with E-state index in [1.165, 1.54) is 0 Å². The minimum atomic E-state index is -0.324. The number of carbonyl (C=O) groups excluding carboxylic acids is 1. The fraction of sp³-hybridized carbons (Fsp3) is 0.923. The summed E-state index contributed by atoms with van der Waals surface area (Å²) in [6.07, 6.45) is 3.47. The van der Waals surface area contributed by atoms with Crippen molar-refractivity contribution in [3.8, 4) is 0 Å². The van der Waals surface area contributed by atoms with Gasteiger partial charge >= 0.3 is 0 Å². The van der Waals surface area contributed by atoms with E-state index in [0.717, 1.165) is 32.4 Å². The molecule has 4 nitrogen and oxygen atoms in total. The van der Waals surface area contributed by atoms with Crippen LogP contribution in [0.3, 0.4) is 0 Å². The molecule has 17 heavy (non-hydrogen) atoms. The summed E-state index contributed by atoms with van der Waals surface area (Å²) >= 11 is 0. The molecule has 1 aliphatic heterocycles. The van der Waals surface area contributed by atoms with Gasteiger partial charge in [-0.25, -0.2) is 0 Å². The molecule has 1 rings (SSSR count). The topological polar surface area (TPSA) is 61.4 Å². The van der Waals surface area contributed by atoms with Crippen LogP contribution in [0, 0.1) is 5.41 Å². The lowest BCUT2D eigenvalue weighted by Gasteiger charge is -2.33. The van der Waals surface area contributed by atoms with Crippen molar-refractivity contribution in [2.75, 3.05) is 19.7 Å². The molecule has 4 heteroatoms. The van der Waals surface area contributed by atoms with Crippen molar-refractivity contribution < 1.29 is 9.90 Å². The maximum absolute atomic E-state index is 12.4. The first-order valence-corrected chi connectivity index (χ1v) is 6.60. The Hall–Kier alpha value is -0.610. The van der Waals surface area contributed by atoms with E-state index in [9.17, 15) is 4.79 Å². The summed E-state index contributed by atoms with van der Waals surface area (Å²) in [6, 6.07) is 0. The number of nitrogens with one attached hydrogen (secondary N) is 2. The molecule has 1 heterocycles. The molecule has 1 unspecified atom stereocenters. The van der Waals surface area contributed by atoms with Crippen molar-refractivity contribution in [3.05, 3.63) is 0 Å². The fourth-order valence-corrected chi connectivity index (χ4v) is 2.52. The van der Waals surface area contributed by atoms with Crippen molar-refractivity contribution >= 4 is 5.91 Å². The molecule has 3 N–H and O–H groups in total.